The normalized spacial score (nSPS) is 13.8. The number of aliphatic hydroxyl groups is 1. The molecule has 0 aliphatic heterocycles. The molecule has 0 aliphatic rings. The van der Waals surface area contributed by atoms with Crippen LogP contribution >= 0.6 is 0 Å². The molecule has 0 saturated carbocycles. The number of amides is 1. The van der Waals surface area contributed by atoms with Crippen LogP contribution in [0.3, 0.4) is 0 Å². The number of nitrogens with one attached hydrogen (secondary N) is 1. The quantitative estimate of drug-likeness (QED) is 0.884. The van der Waals surface area contributed by atoms with Gasteiger partial charge in [0.05, 0.1) is 12.7 Å². The number of rotatable bonds is 4. The number of carbonyl (C=O) groups is 1. The molecule has 0 fully saturated rings. The van der Waals surface area contributed by atoms with E-state index in [4.69, 9.17) is 0 Å². The van der Waals surface area contributed by atoms with Crippen molar-refractivity contribution in [3.05, 3.63) is 53.3 Å². The molecule has 0 aliphatic carbocycles. The van der Waals surface area contributed by atoms with E-state index in [0.29, 0.717) is 11.1 Å². The Morgan fingerprint density at radius 1 is 1.40 bits per heavy atom. The fourth-order valence-electron chi connectivity index (χ4n) is 1.86. The van der Waals surface area contributed by atoms with Crippen LogP contribution in [0.2, 0.25) is 0 Å². The molecule has 0 spiro atoms. The summed E-state index contributed by atoms with van der Waals surface area (Å²) in [4.78, 5) is 12.0. The van der Waals surface area contributed by atoms with Crippen LogP contribution in [0.1, 0.15) is 28.4 Å². The van der Waals surface area contributed by atoms with Gasteiger partial charge in [-0.3, -0.25) is 9.48 Å². The van der Waals surface area contributed by atoms with Crippen molar-refractivity contribution < 1.29 is 9.90 Å². The third-order valence-corrected chi connectivity index (χ3v) is 3.23. The van der Waals surface area contributed by atoms with Crippen molar-refractivity contribution in [3.63, 3.8) is 0 Å². The minimum atomic E-state index is -1.14. The van der Waals surface area contributed by atoms with E-state index in [1.807, 2.05) is 19.1 Å². The fourth-order valence-corrected chi connectivity index (χ4v) is 1.86. The highest BCUT2D eigenvalue weighted by Crippen LogP contribution is 2.18. The molecule has 1 aromatic heterocycles. The second-order valence-electron chi connectivity index (χ2n) is 5.23. The van der Waals surface area contributed by atoms with Crippen molar-refractivity contribution in [1.82, 2.24) is 15.1 Å². The summed E-state index contributed by atoms with van der Waals surface area (Å²) in [5.74, 6) is -0.200. The number of hydrogen-bond acceptors (Lipinski definition) is 3. The van der Waals surface area contributed by atoms with Gasteiger partial charge < -0.3 is 10.4 Å². The van der Waals surface area contributed by atoms with Crippen LogP contribution in [0.25, 0.3) is 0 Å². The summed E-state index contributed by atoms with van der Waals surface area (Å²) in [6, 6.07) is 7.30. The van der Waals surface area contributed by atoms with E-state index in [2.05, 4.69) is 10.4 Å². The zero-order valence-electron chi connectivity index (χ0n) is 11.9. The average Bonchev–Trinajstić information content (AvgIpc) is 2.84. The fraction of sp³-hybridized carbons (Fsp3) is 0.333. The first-order valence-electron chi connectivity index (χ1n) is 6.45. The van der Waals surface area contributed by atoms with E-state index >= 15 is 0 Å². The Morgan fingerprint density at radius 3 is 2.60 bits per heavy atom. The molecule has 1 amide bonds. The number of nitrogens with zero attached hydrogens (tertiary/aromatic N) is 2. The van der Waals surface area contributed by atoms with E-state index in [1.165, 1.54) is 0 Å². The van der Waals surface area contributed by atoms with Gasteiger partial charge in [-0.2, -0.15) is 5.10 Å². The highest BCUT2D eigenvalue weighted by molar-refractivity contribution is 5.94. The van der Waals surface area contributed by atoms with Crippen LogP contribution in [0.4, 0.5) is 0 Å². The van der Waals surface area contributed by atoms with Crippen LogP contribution in [0.15, 0.2) is 36.7 Å². The Morgan fingerprint density at radius 2 is 2.05 bits per heavy atom. The molecular formula is C15H19N3O2. The van der Waals surface area contributed by atoms with E-state index in [9.17, 15) is 9.90 Å². The van der Waals surface area contributed by atoms with Gasteiger partial charge in [-0.15, -0.1) is 0 Å². The first-order valence-corrected chi connectivity index (χ1v) is 6.45. The molecule has 5 nitrogen and oxygen atoms in total. The van der Waals surface area contributed by atoms with E-state index < -0.39 is 5.60 Å². The third-order valence-electron chi connectivity index (χ3n) is 3.23. The topological polar surface area (TPSA) is 67.2 Å². The van der Waals surface area contributed by atoms with Gasteiger partial charge in [-0.25, -0.2) is 0 Å². The van der Waals surface area contributed by atoms with E-state index in [0.717, 1.165) is 5.56 Å². The Bertz CT molecular complexity index is 600. The van der Waals surface area contributed by atoms with Crippen LogP contribution in [0.5, 0.6) is 0 Å². The number of aromatic nitrogens is 2. The minimum Gasteiger partial charge on any atom is -0.383 e. The van der Waals surface area contributed by atoms with Crippen LogP contribution < -0.4 is 5.32 Å². The molecule has 1 aromatic carbocycles. The molecule has 5 heteroatoms. The van der Waals surface area contributed by atoms with Crippen molar-refractivity contribution in [2.45, 2.75) is 19.4 Å². The molecule has 20 heavy (non-hydrogen) atoms. The Hall–Kier alpha value is -2.14. The third kappa shape index (κ3) is 3.24. The summed E-state index contributed by atoms with van der Waals surface area (Å²) in [6.45, 7) is 3.75. The smallest absolute Gasteiger partial charge is 0.251 e. The lowest BCUT2D eigenvalue weighted by Crippen LogP contribution is -2.38. The molecule has 106 valence electrons. The van der Waals surface area contributed by atoms with Crippen LogP contribution in [-0.2, 0) is 12.6 Å². The number of benzene rings is 1. The second kappa shape index (κ2) is 5.46. The van der Waals surface area contributed by atoms with Crippen LogP contribution in [0, 0.1) is 6.92 Å². The van der Waals surface area contributed by atoms with Crippen molar-refractivity contribution in [2.75, 3.05) is 6.54 Å². The molecule has 1 unspecified atom stereocenters. The van der Waals surface area contributed by atoms with Crippen LogP contribution in [-0.4, -0.2) is 27.3 Å². The zero-order valence-corrected chi connectivity index (χ0v) is 11.9. The van der Waals surface area contributed by atoms with Gasteiger partial charge in [0, 0.05) is 24.4 Å². The highest BCUT2D eigenvalue weighted by atomic mass is 16.3. The van der Waals surface area contributed by atoms with Crippen molar-refractivity contribution >= 4 is 5.91 Å². The first-order chi connectivity index (χ1) is 9.38. The molecule has 0 saturated heterocycles. The van der Waals surface area contributed by atoms with Gasteiger partial charge in [-0.05, 0) is 26.0 Å². The van der Waals surface area contributed by atoms with E-state index in [-0.39, 0.29) is 12.5 Å². The summed E-state index contributed by atoms with van der Waals surface area (Å²) in [7, 11) is 1.78. The van der Waals surface area contributed by atoms with Crippen molar-refractivity contribution in [1.29, 1.82) is 0 Å². The monoisotopic (exact) mass is 273 g/mol. The van der Waals surface area contributed by atoms with Gasteiger partial charge in [0.25, 0.3) is 5.91 Å². The summed E-state index contributed by atoms with van der Waals surface area (Å²) in [5, 5.41) is 17.1. The number of aryl methyl sites for hydroxylation is 2. The molecule has 0 radical (unpaired) electrons. The largest absolute Gasteiger partial charge is 0.383 e. The number of carbonyl (C=O) groups excluding carboxylic acids is 1. The lowest BCUT2D eigenvalue weighted by molar-refractivity contribution is 0.0526. The lowest BCUT2D eigenvalue weighted by atomic mass is 9.99. The van der Waals surface area contributed by atoms with Gasteiger partial charge >= 0.3 is 0 Å². The van der Waals surface area contributed by atoms with Gasteiger partial charge in [0.2, 0.25) is 0 Å². The summed E-state index contributed by atoms with van der Waals surface area (Å²) >= 11 is 0. The Labute approximate surface area is 118 Å². The maximum atomic E-state index is 12.0. The van der Waals surface area contributed by atoms with Crippen molar-refractivity contribution in [3.8, 4) is 0 Å². The molecular weight excluding hydrogens is 254 g/mol. The zero-order chi connectivity index (χ0) is 14.8. The minimum absolute atomic E-state index is 0.130. The molecule has 2 rings (SSSR count). The second-order valence-corrected chi connectivity index (χ2v) is 5.23. The SMILES string of the molecule is Cc1ccc(C(=O)NCC(C)(O)c2cnn(C)c2)cc1. The van der Waals surface area contributed by atoms with Gasteiger partial charge in [-0.1, -0.05) is 17.7 Å². The van der Waals surface area contributed by atoms with Gasteiger partial charge in [0.1, 0.15) is 5.60 Å². The predicted molar refractivity (Wildman–Crippen MR) is 76.3 cm³/mol. The van der Waals surface area contributed by atoms with Gasteiger partial charge in [0.15, 0.2) is 0 Å². The average molecular weight is 273 g/mol. The molecule has 1 atom stereocenters. The summed E-state index contributed by atoms with van der Waals surface area (Å²) in [6.07, 6.45) is 3.33. The first kappa shape index (κ1) is 14.3. The highest BCUT2D eigenvalue weighted by Gasteiger charge is 2.25. The Kier molecular flexibility index (Phi) is 3.90. The van der Waals surface area contributed by atoms with Crippen molar-refractivity contribution in [2.24, 2.45) is 7.05 Å². The van der Waals surface area contributed by atoms with E-state index in [1.54, 1.807) is 43.2 Å². The number of hydrogen-bond donors (Lipinski definition) is 2. The standard InChI is InChI=1S/C15H19N3O2/c1-11-4-6-12(7-5-11)14(19)16-10-15(2,20)13-8-17-18(3)9-13/h4-9,20H,10H2,1-3H3,(H,16,19). The molecule has 0 bridgehead atoms. The maximum absolute atomic E-state index is 12.0. The summed E-state index contributed by atoms with van der Waals surface area (Å²) < 4.78 is 1.62. The molecule has 1 heterocycles. The molecule has 2 N–H and O–H groups in total. The maximum Gasteiger partial charge on any atom is 0.251 e. The molecule has 2 aromatic rings. The lowest BCUT2D eigenvalue weighted by Gasteiger charge is -2.22. The Balaban J connectivity index is 2.00. The predicted octanol–water partition coefficient (Wildman–Crippen LogP) is 1.37. The summed E-state index contributed by atoms with van der Waals surface area (Å²) in [5.41, 5.74) is 1.21.